The Balaban J connectivity index is 2.09. The summed E-state index contributed by atoms with van der Waals surface area (Å²) in [6.45, 7) is 9.32. The quantitative estimate of drug-likeness (QED) is 0.738. The summed E-state index contributed by atoms with van der Waals surface area (Å²) in [7, 11) is 0. The van der Waals surface area contributed by atoms with Crippen molar-refractivity contribution in [3.63, 3.8) is 0 Å². The van der Waals surface area contributed by atoms with Crippen molar-refractivity contribution in [2.75, 3.05) is 13.1 Å². The Hall–Kier alpha value is -0.0800. The standard InChI is InChI=1S/C17H34N2/c1-4-5-13-19(15-7-8-15)17(14-18)10-6-9-16(2,3)11-12-17/h15H,4-14,18H2,1-3H3. The molecule has 2 fully saturated rings. The number of hydrogen-bond acceptors (Lipinski definition) is 2. The highest BCUT2D eigenvalue weighted by molar-refractivity contribution is 5.01. The first kappa shape index (κ1) is 15.3. The summed E-state index contributed by atoms with van der Waals surface area (Å²) < 4.78 is 0. The van der Waals surface area contributed by atoms with Crippen LogP contribution in [0.1, 0.15) is 78.6 Å². The Morgan fingerprint density at radius 2 is 1.84 bits per heavy atom. The summed E-state index contributed by atoms with van der Waals surface area (Å²) in [6.07, 6.45) is 12.2. The largest absolute Gasteiger partial charge is 0.329 e. The number of rotatable bonds is 6. The fraction of sp³-hybridized carbons (Fsp3) is 1.00. The summed E-state index contributed by atoms with van der Waals surface area (Å²) in [5.74, 6) is 0. The van der Waals surface area contributed by atoms with Gasteiger partial charge in [0.15, 0.2) is 0 Å². The minimum Gasteiger partial charge on any atom is -0.329 e. The monoisotopic (exact) mass is 266 g/mol. The van der Waals surface area contributed by atoms with Crippen LogP contribution in [0.3, 0.4) is 0 Å². The Kier molecular flexibility index (Phi) is 4.94. The molecule has 2 aliphatic carbocycles. The van der Waals surface area contributed by atoms with Gasteiger partial charge in [0.2, 0.25) is 0 Å². The molecule has 2 saturated carbocycles. The van der Waals surface area contributed by atoms with Gasteiger partial charge in [-0.05, 0) is 56.9 Å². The van der Waals surface area contributed by atoms with E-state index in [2.05, 4.69) is 25.7 Å². The van der Waals surface area contributed by atoms with Crippen molar-refractivity contribution in [3.8, 4) is 0 Å². The van der Waals surface area contributed by atoms with Crippen molar-refractivity contribution >= 4 is 0 Å². The molecule has 2 nitrogen and oxygen atoms in total. The van der Waals surface area contributed by atoms with Gasteiger partial charge in [-0.2, -0.15) is 0 Å². The van der Waals surface area contributed by atoms with Gasteiger partial charge in [-0.1, -0.05) is 33.6 Å². The van der Waals surface area contributed by atoms with E-state index in [1.165, 1.54) is 64.3 Å². The molecule has 19 heavy (non-hydrogen) atoms. The summed E-state index contributed by atoms with van der Waals surface area (Å²) in [5, 5.41) is 0. The van der Waals surface area contributed by atoms with Crippen LogP contribution in [0.2, 0.25) is 0 Å². The predicted octanol–water partition coefficient (Wildman–Crippen LogP) is 3.94. The van der Waals surface area contributed by atoms with Gasteiger partial charge < -0.3 is 5.73 Å². The van der Waals surface area contributed by atoms with E-state index in [1.54, 1.807) is 0 Å². The van der Waals surface area contributed by atoms with E-state index in [0.29, 0.717) is 11.0 Å². The normalized spacial score (nSPS) is 31.4. The van der Waals surface area contributed by atoms with Crippen LogP contribution < -0.4 is 5.73 Å². The molecular weight excluding hydrogens is 232 g/mol. The summed E-state index contributed by atoms with van der Waals surface area (Å²) in [4.78, 5) is 2.83. The van der Waals surface area contributed by atoms with E-state index in [1.807, 2.05) is 0 Å². The predicted molar refractivity (Wildman–Crippen MR) is 83.3 cm³/mol. The second kappa shape index (κ2) is 6.13. The third-order valence-corrected chi connectivity index (χ3v) is 5.49. The molecule has 0 heterocycles. The van der Waals surface area contributed by atoms with Crippen LogP contribution in [0.4, 0.5) is 0 Å². The fourth-order valence-electron chi connectivity index (χ4n) is 3.85. The van der Waals surface area contributed by atoms with Gasteiger partial charge in [-0.25, -0.2) is 0 Å². The van der Waals surface area contributed by atoms with Gasteiger partial charge >= 0.3 is 0 Å². The second-order valence-electron chi connectivity index (χ2n) is 7.72. The van der Waals surface area contributed by atoms with Crippen LogP contribution in [-0.4, -0.2) is 29.6 Å². The molecule has 0 spiro atoms. The Labute approximate surface area is 120 Å². The average Bonchev–Trinajstić information content (AvgIpc) is 3.19. The van der Waals surface area contributed by atoms with E-state index in [0.717, 1.165) is 12.6 Å². The molecule has 0 aromatic rings. The van der Waals surface area contributed by atoms with Crippen molar-refractivity contribution in [1.29, 1.82) is 0 Å². The molecule has 2 rings (SSSR count). The smallest absolute Gasteiger partial charge is 0.0334 e. The lowest BCUT2D eigenvalue weighted by Gasteiger charge is -2.44. The van der Waals surface area contributed by atoms with Gasteiger partial charge in [0.05, 0.1) is 0 Å². The van der Waals surface area contributed by atoms with Crippen LogP contribution in [0.25, 0.3) is 0 Å². The highest BCUT2D eigenvalue weighted by atomic mass is 15.3. The van der Waals surface area contributed by atoms with Gasteiger partial charge in [0.25, 0.3) is 0 Å². The Morgan fingerprint density at radius 1 is 1.11 bits per heavy atom. The minimum atomic E-state index is 0.324. The SMILES string of the molecule is CCCCN(C1CC1)C1(CN)CCCC(C)(C)CC1. The van der Waals surface area contributed by atoms with Crippen molar-refractivity contribution in [2.45, 2.75) is 90.1 Å². The highest BCUT2D eigenvalue weighted by Gasteiger charge is 2.44. The number of nitrogens with two attached hydrogens (primary N) is 1. The lowest BCUT2D eigenvalue weighted by Crippen LogP contribution is -2.55. The Morgan fingerprint density at radius 3 is 2.42 bits per heavy atom. The average molecular weight is 266 g/mol. The maximum atomic E-state index is 6.29. The molecule has 0 aromatic carbocycles. The number of unbranched alkanes of at least 4 members (excludes halogenated alkanes) is 1. The van der Waals surface area contributed by atoms with Crippen LogP contribution in [0, 0.1) is 5.41 Å². The molecule has 0 aromatic heterocycles. The summed E-state index contributed by atoms with van der Waals surface area (Å²) >= 11 is 0. The van der Waals surface area contributed by atoms with Crippen molar-refractivity contribution in [2.24, 2.45) is 11.1 Å². The fourth-order valence-corrected chi connectivity index (χ4v) is 3.85. The van der Waals surface area contributed by atoms with Crippen LogP contribution in [0.15, 0.2) is 0 Å². The zero-order valence-electron chi connectivity index (χ0n) is 13.4. The maximum absolute atomic E-state index is 6.29. The third kappa shape index (κ3) is 3.72. The molecule has 1 unspecified atom stereocenters. The first-order chi connectivity index (χ1) is 9.03. The summed E-state index contributed by atoms with van der Waals surface area (Å²) in [6, 6.07) is 0.858. The molecule has 0 amide bonds. The zero-order valence-corrected chi connectivity index (χ0v) is 13.4. The van der Waals surface area contributed by atoms with E-state index >= 15 is 0 Å². The van der Waals surface area contributed by atoms with Crippen LogP contribution >= 0.6 is 0 Å². The van der Waals surface area contributed by atoms with Gasteiger partial charge in [0, 0.05) is 18.1 Å². The topological polar surface area (TPSA) is 29.3 Å². The highest BCUT2D eigenvalue weighted by Crippen LogP contribution is 2.44. The molecule has 0 aliphatic heterocycles. The number of hydrogen-bond donors (Lipinski definition) is 1. The molecule has 1 atom stereocenters. The first-order valence-corrected chi connectivity index (χ1v) is 8.50. The molecule has 2 aliphatic rings. The van der Waals surface area contributed by atoms with E-state index in [-0.39, 0.29) is 0 Å². The van der Waals surface area contributed by atoms with Crippen LogP contribution in [0.5, 0.6) is 0 Å². The van der Waals surface area contributed by atoms with Gasteiger partial charge in [0.1, 0.15) is 0 Å². The molecule has 2 N–H and O–H groups in total. The zero-order chi connectivity index (χ0) is 13.9. The Bertz CT molecular complexity index is 283. The molecule has 112 valence electrons. The molecule has 0 saturated heterocycles. The van der Waals surface area contributed by atoms with Crippen LogP contribution in [-0.2, 0) is 0 Å². The minimum absolute atomic E-state index is 0.324. The van der Waals surface area contributed by atoms with Crippen molar-refractivity contribution in [3.05, 3.63) is 0 Å². The summed E-state index contributed by atoms with van der Waals surface area (Å²) in [5.41, 5.74) is 7.14. The van der Waals surface area contributed by atoms with Crippen molar-refractivity contribution in [1.82, 2.24) is 4.90 Å². The van der Waals surface area contributed by atoms with Crippen molar-refractivity contribution < 1.29 is 0 Å². The molecule has 2 heteroatoms. The maximum Gasteiger partial charge on any atom is 0.0334 e. The molecule has 0 radical (unpaired) electrons. The van der Waals surface area contributed by atoms with Gasteiger partial charge in [-0.3, -0.25) is 4.90 Å². The number of nitrogens with zero attached hydrogens (tertiary/aromatic N) is 1. The molecular formula is C17H34N2. The third-order valence-electron chi connectivity index (χ3n) is 5.49. The van der Waals surface area contributed by atoms with E-state index in [4.69, 9.17) is 5.73 Å². The van der Waals surface area contributed by atoms with E-state index in [9.17, 15) is 0 Å². The van der Waals surface area contributed by atoms with E-state index < -0.39 is 0 Å². The lowest BCUT2D eigenvalue weighted by atomic mass is 9.82. The second-order valence-corrected chi connectivity index (χ2v) is 7.72. The first-order valence-electron chi connectivity index (χ1n) is 8.50. The lowest BCUT2D eigenvalue weighted by molar-refractivity contribution is 0.0650. The van der Waals surface area contributed by atoms with Gasteiger partial charge in [-0.15, -0.1) is 0 Å². The molecule has 0 bridgehead atoms.